The molecule has 0 aromatic heterocycles. The summed E-state index contributed by atoms with van der Waals surface area (Å²) in [6, 6.07) is 3.87. The normalized spacial score (nSPS) is 22.8. The molecule has 0 aliphatic carbocycles. The van der Waals surface area contributed by atoms with E-state index >= 15 is 0 Å². The van der Waals surface area contributed by atoms with Gasteiger partial charge in [-0.1, -0.05) is 17.7 Å². The highest BCUT2D eigenvalue weighted by molar-refractivity contribution is 6.39. The van der Waals surface area contributed by atoms with Crippen molar-refractivity contribution in [1.82, 2.24) is 5.43 Å². The van der Waals surface area contributed by atoms with Gasteiger partial charge in [-0.05, 0) is 31.9 Å². The van der Waals surface area contributed by atoms with Crippen molar-refractivity contribution in [2.24, 2.45) is 5.10 Å². The van der Waals surface area contributed by atoms with Gasteiger partial charge in [0.1, 0.15) is 11.3 Å². The van der Waals surface area contributed by atoms with Crippen LogP contribution in [0.1, 0.15) is 29.5 Å². The first-order chi connectivity index (χ1) is 11.3. The van der Waals surface area contributed by atoms with Crippen LogP contribution in [0.2, 0.25) is 0 Å². The van der Waals surface area contributed by atoms with E-state index < -0.39 is 11.5 Å². The molecular formula is C17H19N3O4. The summed E-state index contributed by atoms with van der Waals surface area (Å²) in [4.78, 5) is 38.4. The molecule has 126 valence electrons. The number of carbonyl (C=O) groups is 3. The van der Waals surface area contributed by atoms with E-state index in [0.717, 1.165) is 16.7 Å². The number of methoxy groups -OCH3 is 1. The first-order valence-electron chi connectivity index (χ1n) is 7.66. The van der Waals surface area contributed by atoms with Crippen molar-refractivity contribution in [3.63, 3.8) is 0 Å². The first kappa shape index (κ1) is 16.2. The molecule has 0 saturated carbocycles. The number of hydrazone groups is 1. The molecule has 0 unspecified atom stereocenters. The minimum atomic E-state index is -1.19. The van der Waals surface area contributed by atoms with Crippen molar-refractivity contribution in [2.45, 2.75) is 39.2 Å². The minimum absolute atomic E-state index is 0.0391. The third kappa shape index (κ3) is 2.28. The second-order valence-corrected chi connectivity index (χ2v) is 6.38. The van der Waals surface area contributed by atoms with Crippen molar-refractivity contribution < 1.29 is 19.1 Å². The third-order valence-corrected chi connectivity index (χ3v) is 4.47. The number of hydrogen-bond donors (Lipinski definition) is 1. The number of benzene rings is 1. The van der Waals surface area contributed by atoms with Crippen molar-refractivity contribution >= 4 is 29.2 Å². The van der Waals surface area contributed by atoms with Crippen LogP contribution in [0.5, 0.6) is 0 Å². The monoisotopic (exact) mass is 329 g/mol. The van der Waals surface area contributed by atoms with E-state index in [1.54, 1.807) is 0 Å². The molecule has 1 N–H and O–H groups in total. The maximum absolute atomic E-state index is 13.0. The standard InChI is InChI=1S/C17H19N3O4/c1-9-5-10(2)14(11(3)6-9)20-13(21)8-17(16(20)23)7-12(18-19-17)15(22)24-4/h5-6,19H,7-8H2,1-4H3/t17-/m1/s1. The van der Waals surface area contributed by atoms with Gasteiger partial charge in [0.05, 0.1) is 19.2 Å². The van der Waals surface area contributed by atoms with E-state index in [0.29, 0.717) is 5.69 Å². The number of ether oxygens (including phenoxy) is 1. The van der Waals surface area contributed by atoms with Crippen molar-refractivity contribution in [2.75, 3.05) is 12.0 Å². The average Bonchev–Trinajstić information content (AvgIpc) is 3.03. The Morgan fingerprint density at radius 3 is 2.42 bits per heavy atom. The maximum atomic E-state index is 13.0. The molecule has 7 nitrogen and oxygen atoms in total. The largest absolute Gasteiger partial charge is 0.464 e. The number of nitrogens with one attached hydrogen (secondary N) is 1. The second kappa shape index (κ2) is 5.43. The Bertz CT molecular complexity index is 776. The van der Waals surface area contributed by atoms with Crippen LogP contribution in [0.4, 0.5) is 5.69 Å². The lowest BCUT2D eigenvalue weighted by Crippen LogP contribution is -2.48. The Balaban J connectivity index is 1.96. The number of amides is 2. The summed E-state index contributed by atoms with van der Waals surface area (Å²) in [6.07, 6.45) is 0.00723. The average molecular weight is 329 g/mol. The van der Waals surface area contributed by atoms with Gasteiger partial charge in [0, 0.05) is 6.42 Å². The first-order valence-corrected chi connectivity index (χ1v) is 7.66. The van der Waals surface area contributed by atoms with Gasteiger partial charge in [0.15, 0.2) is 0 Å². The van der Waals surface area contributed by atoms with Crippen LogP contribution in [0.3, 0.4) is 0 Å². The smallest absolute Gasteiger partial charge is 0.354 e. The Morgan fingerprint density at radius 2 is 1.83 bits per heavy atom. The molecule has 1 fully saturated rings. The predicted molar refractivity (Wildman–Crippen MR) is 87.7 cm³/mol. The second-order valence-electron chi connectivity index (χ2n) is 6.38. The number of carbonyl (C=O) groups excluding carboxylic acids is 3. The molecule has 24 heavy (non-hydrogen) atoms. The highest BCUT2D eigenvalue weighted by atomic mass is 16.5. The summed E-state index contributed by atoms with van der Waals surface area (Å²) in [7, 11) is 1.25. The molecule has 2 aliphatic heterocycles. The van der Waals surface area contributed by atoms with Gasteiger partial charge in [-0.3, -0.25) is 15.0 Å². The number of esters is 1. The summed E-state index contributed by atoms with van der Waals surface area (Å²) in [6.45, 7) is 5.71. The van der Waals surface area contributed by atoms with Crippen molar-refractivity contribution in [3.8, 4) is 0 Å². The molecular weight excluding hydrogens is 310 g/mol. The highest BCUT2D eigenvalue weighted by Gasteiger charge is 2.56. The fraction of sp³-hybridized carbons (Fsp3) is 0.412. The van der Waals surface area contributed by atoms with E-state index in [-0.39, 0.29) is 30.4 Å². The Labute approximate surface area is 139 Å². The van der Waals surface area contributed by atoms with Crippen LogP contribution in [-0.4, -0.2) is 36.1 Å². The van der Waals surface area contributed by atoms with Gasteiger partial charge in [0.2, 0.25) is 5.91 Å². The number of imide groups is 1. The molecule has 0 bridgehead atoms. The van der Waals surface area contributed by atoms with Crippen LogP contribution >= 0.6 is 0 Å². The fourth-order valence-electron chi connectivity index (χ4n) is 3.49. The zero-order chi connectivity index (χ0) is 17.6. The molecule has 2 aliphatic rings. The van der Waals surface area contributed by atoms with Crippen LogP contribution in [0.25, 0.3) is 0 Å². The highest BCUT2D eigenvalue weighted by Crippen LogP contribution is 2.37. The molecule has 3 rings (SSSR count). The lowest BCUT2D eigenvalue weighted by molar-refractivity contribution is -0.132. The lowest BCUT2D eigenvalue weighted by Gasteiger charge is -2.23. The minimum Gasteiger partial charge on any atom is -0.464 e. The molecule has 1 saturated heterocycles. The predicted octanol–water partition coefficient (Wildman–Crippen LogP) is 1.14. The van der Waals surface area contributed by atoms with Crippen LogP contribution in [0.15, 0.2) is 17.2 Å². The van der Waals surface area contributed by atoms with Crippen LogP contribution < -0.4 is 10.3 Å². The molecule has 1 spiro atoms. The Morgan fingerprint density at radius 1 is 1.21 bits per heavy atom. The van der Waals surface area contributed by atoms with Crippen molar-refractivity contribution in [3.05, 3.63) is 28.8 Å². The molecule has 2 amide bonds. The SMILES string of the molecule is COC(=O)C1=NN[C@@]2(CC(=O)N(c3c(C)cc(C)cc3C)C2=O)C1. The van der Waals surface area contributed by atoms with E-state index in [4.69, 9.17) is 0 Å². The molecule has 0 radical (unpaired) electrons. The zero-order valence-electron chi connectivity index (χ0n) is 14.1. The Hall–Kier alpha value is -2.70. The topological polar surface area (TPSA) is 88.1 Å². The van der Waals surface area contributed by atoms with E-state index in [1.165, 1.54) is 12.0 Å². The summed E-state index contributed by atoms with van der Waals surface area (Å²) < 4.78 is 4.64. The molecule has 7 heteroatoms. The molecule has 1 aromatic rings. The number of aryl methyl sites for hydroxylation is 3. The van der Waals surface area contributed by atoms with Gasteiger partial charge < -0.3 is 4.74 Å². The number of hydrogen-bond acceptors (Lipinski definition) is 6. The van der Waals surface area contributed by atoms with E-state index in [1.807, 2.05) is 32.9 Å². The molecule has 1 atom stereocenters. The summed E-state index contributed by atoms with van der Waals surface area (Å²) in [5, 5.41) is 3.91. The van der Waals surface area contributed by atoms with Crippen LogP contribution in [0, 0.1) is 20.8 Å². The van der Waals surface area contributed by atoms with Gasteiger partial charge in [0.25, 0.3) is 5.91 Å². The third-order valence-electron chi connectivity index (χ3n) is 4.47. The van der Waals surface area contributed by atoms with E-state index in [9.17, 15) is 14.4 Å². The molecule has 2 heterocycles. The maximum Gasteiger partial charge on any atom is 0.354 e. The fourth-order valence-corrected chi connectivity index (χ4v) is 3.49. The number of rotatable bonds is 2. The lowest BCUT2D eigenvalue weighted by atomic mass is 9.92. The van der Waals surface area contributed by atoms with E-state index in [2.05, 4.69) is 15.3 Å². The van der Waals surface area contributed by atoms with Gasteiger partial charge >= 0.3 is 5.97 Å². The number of nitrogens with zero attached hydrogens (tertiary/aromatic N) is 2. The quantitative estimate of drug-likeness (QED) is 0.649. The van der Waals surface area contributed by atoms with Crippen LogP contribution in [-0.2, 0) is 19.1 Å². The Kier molecular flexibility index (Phi) is 3.66. The summed E-state index contributed by atoms with van der Waals surface area (Å²) >= 11 is 0. The summed E-state index contributed by atoms with van der Waals surface area (Å²) in [5.74, 6) is -1.28. The molecule has 1 aromatic carbocycles. The number of anilines is 1. The summed E-state index contributed by atoms with van der Waals surface area (Å²) in [5.41, 5.74) is 5.03. The van der Waals surface area contributed by atoms with Gasteiger partial charge in [-0.2, -0.15) is 5.10 Å². The van der Waals surface area contributed by atoms with Gasteiger partial charge in [-0.15, -0.1) is 0 Å². The zero-order valence-corrected chi connectivity index (χ0v) is 14.1. The van der Waals surface area contributed by atoms with Crippen molar-refractivity contribution in [1.29, 1.82) is 0 Å². The van der Waals surface area contributed by atoms with Gasteiger partial charge in [-0.25, -0.2) is 9.69 Å².